The monoisotopic (exact) mass is 606 g/mol. The molecule has 3 saturated heterocycles. The molecule has 0 aliphatic carbocycles. The minimum atomic E-state index is -2.18. The van der Waals surface area contributed by atoms with Crippen LogP contribution in [0.25, 0.3) is 0 Å². The first kappa shape index (κ1) is 31.1. The predicted octanol–water partition coefficient (Wildman–Crippen LogP) is 3.83. The Morgan fingerprint density at radius 2 is 1.83 bits per heavy atom. The summed E-state index contributed by atoms with van der Waals surface area (Å²) in [5.74, 6) is -0.509. The molecule has 236 valence electrons. The molecule has 0 radical (unpaired) electrons. The van der Waals surface area contributed by atoms with E-state index in [1.54, 1.807) is 11.2 Å². The third-order valence-electron chi connectivity index (χ3n) is 8.93. The van der Waals surface area contributed by atoms with Crippen molar-refractivity contribution in [3.05, 3.63) is 22.9 Å². The van der Waals surface area contributed by atoms with Crippen LogP contribution in [0.15, 0.2) is 27.9 Å². The van der Waals surface area contributed by atoms with E-state index in [-0.39, 0.29) is 11.3 Å². The molecule has 5 aliphatic rings. The second-order valence-electron chi connectivity index (χ2n) is 14.8. The number of carbonyl (C=O) groups excluding carboxylic acids is 1. The zero-order valence-corrected chi connectivity index (χ0v) is 27.9. The van der Waals surface area contributed by atoms with Crippen molar-refractivity contribution in [1.29, 1.82) is 0 Å². The lowest BCUT2D eigenvalue weighted by Gasteiger charge is -2.42. The minimum Gasteiger partial charge on any atom is -0.444 e. The van der Waals surface area contributed by atoms with Gasteiger partial charge in [0.2, 0.25) is 0 Å². The maximum atomic E-state index is 14.2. The molecule has 5 atom stereocenters. The van der Waals surface area contributed by atoms with Gasteiger partial charge in [0.25, 0.3) is 0 Å². The van der Waals surface area contributed by atoms with Gasteiger partial charge in [0.1, 0.15) is 35.8 Å². The van der Waals surface area contributed by atoms with Gasteiger partial charge in [-0.1, -0.05) is 20.8 Å². The fourth-order valence-corrected chi connectivity index (χ4v) is 6.93. The van der Waals surface area contributed by atoms with E-state index in [1.807, 2.05) is 39.6 Å². The molecule has 0 aromatic heterocycles. The molecule has 5 rings (SSSR count). The number of aliphatic imine (C=N–C) groups is 1. The highest BCUT2D eigenvalue weighted by Gasteiger charge is 2.63. The maximum Gasteiger partial charge on any atom is 0.411 e. The van der Waals surface area contributed by atoms with Crippen LogP contribution in [0.4, 0.5) is 4.79 Å². The van der Waals surface area contributed by atoms with Crippen LogP contribution in [0.1, 0.15) is 74.7 Å². The number of ether oxygens (including phenoxy) is 4. The summed E-state index contributed by atoms with van der Waals surface area (Å²) in [5.41, 5.74) is 11.3. The maximum absolute atomic E-state index is 14.2. The van der Waals surface area contributed by atoms with E-state index >= 15 is 0 Å². The Bertz CT molecular complexity index is 1170. The van der Waals surface area contributed by atoms with Gasteiger partial charge in [-0.2, -0.15) is 0 Å². The average Bonchev–Trinajstić information content (AvgIpc) is 3.48. The molecule has 4 N–H and O–H groups in total. The summed E-state index contributed by atoms with van der Waals surface area (Å²) in [7, 11) is -2.18. The van der Waals surface area contributed by atoms with E-state index in [2.05, 4.69) is 49.6 Å². The molecule has 0 aromatic rings. The Hall–Kier alpha value is -2.32. The van der Waals surface area contributed by atoms with E-state index in [9.17, 15) is 4.79 Å². The summed E-state index contributed by atoms with van der Waals surface area (Å²) in [6.45, 7) is 21.4. The highest BCUT2D eigenvalue weighted by Crippen LogP contribution is 2.47. The number of amides is 1. The lowest BCUT2D eigenvalue weighted by molar-refractivity contribution is -0.168. The smallest absolute Gasteiger partial charge is 0.411 e. The highest BCUT2D eigenvalue weighted by atomic mass is 28.4. The Balaban J connectivity index is 1.63. The first-order valence-electron chi connectivity index (χ1n) is 15.1. The Morgan fingerprint density at radius 1 is 1.14 bits per heavy atom. The number of nitrogens with two attached hydrogens (primary N) is 1. The lowest BCUT2D eigenvalue weighted by atomic mass is 10.0. The third kappa shape index (κ3) is 5.78. The fourth-order valence-electron chi connectivity index (χ4n) is 5.91. The van der Waals surface area contributed by atoms with Gasteiger partial charge in [-0.25, -0.2) is 9.79 Å². The molecular formula is C29H50N6O6Si. The highest BCUT2D eigenvalue weighted by molar-refractivity contribution is 6.74. The van der Waals surface area contributed by atoms with Crippen LogP contribution < -0.4 is 16.5 Å². The van der Waals surface area contributed by atoms with Crippen LogP contribution in [0, 0.1) is 0 Å². The molecule has 0 aromatic carbocycles. The first-order valence-corrected chi connectivity index (χ1v) is 18.0. The quantitative estimate of drug-likeness (QED) is 0.397. The summed E-state index contributed by atoms with van der Waals surface area (Å²) >= 11 is 0. The van der Waals surface area contributed by atoms with E-state index in [1.165, 1.54) is 0 Å². The van der Waals surface area contributed by atoms with Crippen molar-refractivity contribution in [2.24, 2.45) is 10.7 Å². The molecule has 5 heterocycles. The Labute approximate surface area is 251 Å². The van der Waals surface area contributed by atoms with Gasteiger partial charge < -0.3 is 34.4 Å². The Morgan fingerprint density at radius 3 is 2.45 bits per heavy atom. The number of hydrazine groups is 1. The van der Waals surface area contributed by atoms with E-state index in [4.69, 9.17) is 29.1 Å². The fraction of sp³-hybridized carbons (Fsp3) is 0.793. The van der Waals surface area contributed by atoms with Gasteiger partial charge in [0.05, 0.1) is 30.4 Å². The standard InChI is InChI=1S/C29H50N6O6Si/c1-27(2,3)41-26(36)34-17(15-38-42(9,10)28(4,5)6)23-24(40-29(7,8)39-23)22(34)21-19-20(25(30)32-16-31-19)33-35(21)18-13-11-12-14-37-18/h16-18,22-24,33H,11-15,30H2,1-10H3,(H,31,32)/t17-,18?,22+,23-,24+/m1/s1. The summed E-state index contributed by atoms with van der Waals surface area (Å²) < 4.78 is 32.2. The molecule has 0 saturated carbocycles. The molecule has 1 unspecified atom stereocenters. The number of hydrogen-bond donors (Lipinski definition) is 3. The van der Waals surface area contributed by atoms with Gasteiger partial charge in [0.15, 0.2) is 19.9 Å². The average molecular weight is 607 g/mol. The van der Waals surface area contributed by atoms with E-state index < -0.39 is 50.1 Å². The van der Waals surface area contributed by atoms with Gasteiger partial charge in [-0.05, 0) is 72.0 Å². The van der Waals surface area contributed by atoms with Crippen molar-refractivity contribution in [3.63, 3.8) is 0 Å². The predicted molar refractivity (Wildman–Crippen MR) is 161 cm³/mol. The molecule has 1 amide bonds. The first-order chi connectivity index (χ1) is 19.4. The zero-order valence-electron chi connectivity index (χ0n) is 26.9. The molecular weight excluding hydrogens is 556 g/mol. The summed E-state index contributed by atoms with van der Waals surface area (Å²) in [6, 6.07) is -1.06. The number of nitrogens with zero attached hydrogens (tertiary/aromatic N) is 3. The second-order valence-corrected chi connectivity index (χ2v) is 19.6. The molecule has 42 heavy (non-hydrogen) atoms. The van der Waals surface area contributed by atoms with Crippen LogP contribution in [-0.2, 0) is 23.4 Å². The molecule has 0 bridgehead atoms. The van der Waals surface area contributed by atoms with Crippen molar-refractivity contribution in [2.75, 3.05) is 13.2 Å². The molecule has 12 nitrogen and oxygen atoms in total. The number of nitrogens with one attached hydrogen (secondary N) is 2. The molecule has 5 aliphatic heterocycles. The zero-order chi connectivity index (χ0) is 30.8. The van der Waals surface area contributed by atoms with Crippen LogP contribution in [0.5, 0.6) is 0 Å². The third-order valence-corrected chi connectivity index (χ3v) is 13.4. The summed E-state index contributed by atoms with van der Waals surface area (Å²) in [6.07, 6.45) is 2.72. The van der Waals surface area contributed by atoms with Crippen LogP contribution in [0.3, 0.4) is 0 Å². The SMILES string of the molecule is CC(C)(C)OC(=O)N1[C@H](CO[Si](C)(C)C(C)(C)C)[C@H]2OC(C)(C)O[C@H]2[C@@H]1C1=C2NC=NC(N)=C2NN1C1CCCCO1. The van der Waals surface area contributed by atoms with Crippen molar-refractivity contribution in [1.82, 2.24) is 20.7 Å². The number of rotatable bonds is 5. The van der Waals surface area contributed by atoms with Crippen LogP contribution in [0.2, 0.25) is 18.1 Å². The van der Waals surface area contributed by atoms with Gasteiger partial charge >= 0.3 is 6.09 Å². The molecule has 13 heteroatoms. The lowest BCUT2D eigenvalue weighted by Crippen LogP contribution is -2.55. The topological polar surface area (TPSA) is 132 Å². The largest absolute Gasteiger partial charge is 0.444 e. The second kappa shape index (κ2) is 10.7. The van der Waals surface area contributed by atoms with Gasteiger partial charge in [-0.3, -0.25) is 15.3 Å². The Kier molecular flexibility index (Phi) is 7.92. The number of fused-ring (bicyclic) bond motifs is 2. The van der Waals surface area contributed by atoms with Gasteiger partial charge in [-0.15, -0.1) is 0 Å². The summed E-state index contributed by atoms with van der Waals surface area (Å²) in [4.78, 5) is 20.3. The summed E-state index contributed by atoms with van der Waals surface area (Å²) in [5, 5.41) is 5.28. The van der Waals surface area contributed by atoms with E-state index in [0.29, 0.717) is 24.7 Å². The number of likely N-dealkylation sites (tertiary alicyclic amines) is 1. The number of hydrogen-bond acceptors (Lipinski definition) is 11. The van der Waals surface area contributed by atoms with E-state index in [0.717, 1.165) is 30.7 Å². The van der Waals surface area contributed by atoms with Crippen molar-refractivity contribution >= 4 is 20.7 Å². The minimum absolute atomic E-state index is 0.00880. The van der Waals surface area contributed by atoms with Crippen LogP contribution in [-0.4, -0.2) is 85.8 Å². The van der Waals surface area contributed by atoms with Crippen molar-refractivity contribution in [2.45, 2.75) is 135 Å². The van der Waals surface area contributed by atoms with Crippen LogP contribution >= 0.6 is 0 Å². The molecule has 3 fully saturated rings. The van der Waals surface area contributed by atoms with Gasteiger partial charge in [0, 0.05) is 6.61 Å². The van der Waals surface area contributed by atoms with Crippen molar-refractivity contribution < 1.29 is 28.2 Å². The van der Waals surface area contributed by atoms with Crippen molar-refractivity contribution in [3.8, 4) is 0 Å². The number of carbonyl (C=O) groups is 1. The molecule has 0 spiro atoms. The normalized spacial score (nSPS) is 31.2.